The minimum atomic E-state index is -0.148. The van der Waals surface area contributed by atoms with Gasteiger partial charge < -0.3 is 15.0 Å². The van der Waals surface area contributed by atoms with E-state index < -0.39 is 0 Å². The molecule has 2 atom stereocenters. The topological polar surface area (TPSA) is 41.6 Å². The van der Waals surface area contributed by atoms with Crippen LogP contribution in [0.4, 0.5) is 4.79 Å². The maximum Gasteiger partial charge on any atom is 0.410 e. The summed E-state index contributed by atoms with van der Waals surface area (Å²) in [4.78, 5) is 13.6. The van der Waals surface area contributed by atoms with Crippen molar-refractivity contribution in [2.45, 2.75) is 38.8 Å². The lowest BCUT2D eigenvalue weighted by Gasteiger charge is -2.23. The van der Waals surface area contributed by atoms with Crippen molar-refractivity contribution < 1.29 is 9.53 Å². The van der Waals surface area contributed by atoms with Gasteiger partial charge >= 0.3 is 6.09 Å². The molecule has 4 nitrogen and oxygen atoms in total. The Kier molecular flexibility index (Phi) is 3.14. The Morgan fingerprint density at radius 1 is 1.40 bits per heavy atom. The third-order valence-electron chi connectivity index (χ3n) is 3.13. The lowest BCUT2D eigenvalue weighted by Crippen LogP contribution is -2.41. The molecule has 3 rings (SSSR count). The van der Waals surface area contributed by atoms with Gasteiger partial charge in [0.2, 0.25) is 0 Å². The summed E-state index contributed by atoms with van der Waals surface area (Å²) >= 11 is 0. The number of nitrogens with zero attached hydrogens (tertiary/aromatic N) is 1. The van der Waals surface area contributed by atoms with Gasteiger partial charge in [-0.2, -0.15) is 0 Å². The van der Waals surface area contributed by atoms with Gasteiger partial charge in [-0.05, 0) is 39.2 Å². The number of carbonyl (C=O) groups is 1. The first kappa shape index (κ1) is 10.7. The largest absolute Gasteiger partial charge is 0.447 e. The van der Waals surface area contributed by atoms with Gasteiger partial charge in [0, 0.05) is 19.1 Å². The Bertz CT molecular complexity index is 221. The zero-order valence-corrected chi connectivity index (χ0v) is 9.53. The van der Waals surface area contributed by atoms with Crippen LogP contribution in [0.3, 0.4) is 0 Å². The highest BCUT2D eigenvalue weighted by molar-refractivity contribution is 5.68. The van der Waals surface area contributed by atoms with Crippen molar-refractivity contribution >= 4 is 6.09 Å². The smallest absolute Gasteiger partial charge is 0.410 e. The number of amides is 1. The number of hydrogen-bond donors (Lipinski definition) is 1. The molecule has 0 aromatic carbocycles. The molecular weight excluding hydrogens is 192 g/mol. The van der Waals surface area contributed by atoms with Gasteiger partial charge in [-0.3, -0.25) is 0 Å². The Balaban J connectivity index is 1.95. The summed E-state index contributed by atoms with van der Waals surface area (Å²) < 4.78 is 5.23. The Hall–Kier alpha value is -0.770. The molecule has 3 heterocycles. The van der Waals surface area contributed by atoms with Gasteiger partial charge in [-0.25, -0.2) is 4.79 Å². The van der Waals surface area contributed by atoms with Crippen molar-refractivity contribution in [3.05, 3.63) is 0 Å². The predicted octanol–water partition coefficient (Wildman–Crippen LogP) is 1.22. The van der Waals surface area contributed by atoms with E-state index in [0.29, 0.717) is 12.0 Å². The maximum absolute atomic E-state index is 11.8. The number of carbonyl (C=O) groups excluding carboxylic acids is 1. The van der Waals surface area contributed by atoms with Gasteiger partial charge in [0.15, 0.2) is 0 Å². The molecule has 0 spiro atoms. The fourth-order valence-corrected chi connectivity index (χ4v) is 2.36. The molecule has 0 aromatic rings. The normalized spacial score (nSPS) is 30.5. The number of fused-ring (bicyclic) bond motifs is 4. The standard InChI is InChI=1S/C11H20N2O2/c1-8(2)15-11(14)13-6-9-3-4-10(7-13)12-5-9/h8-10,12H,3-7H2,1-2H3. The first-order valence-electron chi connectivity index (χ1n) is 5.84. The molecule has 1 N–H and O–H groups in total. The van der Waals surface area contributed by atoms with Crippen LogP contribution in [0.25, 0.3) is 0 Å². The van der Waals surface area contributed by atoms with E-state index in [0.717, 1.165) is 19.6 Å². The zero-order valence-electron chi connectivity index (χ0n) is 9.53. The van der Waals surface area contributed by atoms with Crippen LogP contribution in [-0.4, -0.2) is 42.8 Å². The molecule has 3 aliphatic heterocycles. The first-order chi connectivity index (χ1) is 7.15. The predicted molar refractivity (Wildman–Crippen MR) is 57.7 cm³/mol. The van der Waals surface area contributed by atoms with Crippen molar-refractivity contribution in [3.8, 4) is 0 Å². The van der Waals surface area contributed by atoms with E-state index in [-0.39, 0.29) is 12.2 Å². The summed E-state index contributed by atoms with van der Waals surface area (Å²) in [5.74, 6) is 0.614. The monoisotopic (exact) mass is 212 g/mol. The third kappa shape index (κ3) is 2.62. The molecule has 3 fully saturated rings. The molecule has 2 unspecified atom stereocenters. The van der Waals surface area contributed by atoms with Crippen LogP contribution in [0.5, 0.6) is 0 Å². The van der Waals surface area contributed by atoms with E-state index in [1.807, 2.05) is 18.7 Å². The molecular formula is C11H20N2O2. The van der Waals surface area contributed by atoms with Crippen LogP contribution < -0.4 is 5.32 Å². The van der Waals surface area contributed by atoms with E-state index in [2.05, 4.69) is 5.32 Å². The second-order valence-corrected chi connectivity index (χ2v) is 4.89. The summed E-state index contributed by atoms with van der Waals surface area (Å²) in [6.45, 7) is 6.50. The minimum absolute atomic E-state index is 0.0219. The number of rotatable bonds is 1. The van der Waals surface area contributed by atoms with Crippen molar-refractivity contribution in [2.24, 2.45) is 5.92 Å². The lowest BCUT2D eigenvalue weighted by molar-refractivity contribution is 0.0755. The van der Waals surface area contributed by atoms with Crippen LogP contribution in [0, 0.1) is 5.92 Å². The molecule has 1 amide bonds. The van der Waals surface area contributed by atoms with Gasteiger partial charge in [-0.1, -0.05) is 0 Å². The Labute approximate surface area is 91.0 Å². The SMILES string of the molecule is CC(C)OC(=O)N1CC2CCC(C1)NC2. The van der Waals surface area contributed by atoms with Gasteiger partial charge in [0.05, 0.1) is 6.10 Å². The highest BCUT2D eigenvalue weighted by atomic mass is 16.6. The third-order valence-corrected chi connectivity index (χ3v) is 3.13. The van der Waals surface area contributed by atoms with Crippen LogP contribution in [0.1, 0.15) is 26.7 Å². The van der Waals surface area contributed by atoms with Crippen LogP contribution in [0.2, 0.25) is 0 Å². The van der Waals surface area contributed by atoms with E-state index in [4.69, 9.17) is 4.74 Å². The number of nitrogens with one attached hydrogen (secondary N) is 1. The molecule has 15 heavy (non-hydrogen) atoms. The number of ether oxygens (including phenoxy) is 1. The Morgan fingerprint density at radius 2 is 2.20 bits per heavy atom. The molecule has 0 aromatic heterocycles. The molecule has 2 bridgehead atoms. The maximum atomic E-state index is 11.8. The molecule has 3 saturated heterocycles. The van der Waals surface area contributed by atoms with Crippen molar-refractivity contribution in [1.82, 2.24) is 10.2 Å². The average Bonchev–Trinajstić information content (AvgIpc) is 2.49. The number of piperidine rings is 1. The second-order valence-electron chi connectivity index (χ2n) is 4.89. The molecule has 4 heteroatoms. The fraction of sp³-hybridized carbons (Fsp3) is 0.909. The summed E-state index contributed by atoms with van der Waals surface area (Å²) in [5, 5.41) is 3.47. The van der Waals surface area contributed by atoms with E-state index in [1.165, 1.54) is 12.8 Å². The first-order valence-corrected chi connectivity index (χ1v) is 5.84. The van der Waals surface area contributed by atoms with Crippen molar-refractivity contribution in [1.29, 1.82) is 0 Å². The summed E-state index contributed by atoms with van der Waals surface area (Å²) in [7, 11) is 0. The second kappa shape index (κ2) is 4.39. The van der Waals surface area contributed by atoms with E-state index in [9.17, 15) is 4.79 Å². The summed E-state index contributed by atoms with van der Waals surface area (Å²) in [6.07, 6.45) is 2.26. The van der Waals surface area contributed by atoms with Gasteiger partial charge in [-0.15, -0.1) is 0 Å². The fourth-order valence-electron chi connectivity index (χ4n) is 2.36. The highest BCUT2D eigenvalue weighted by Crippen LogP contribution is 2.21. The summed E-state index contributed by atoms with van der Waals surface area (Å²) in [6, 6.07) is 0.475. The quantitative estimate of drug-likeness (QED) is 0.710. The van der Waals surface area contributed by atoms with Gasteiger partial charge in [0.25, 0.3) is 0 Å². The number of hydrogen-bond acceptors (Lipinski definition) is 3. The van der Waals surface area contributed by atoms with Crippen LogP contribution >= 0.6 is 0 Å². The Morgan fingerprint density at radius 3 is 2.80 bits per heavy atom. The lowest BCUT2D eigenvalue weighted by atomic mass is 9.97. The molecule has 3 aliphatic rings. The highest BCUT2D eigenvalue weighted by Gasteiger charge is 2.32. The van der Waals surface area contributed by atoms with E-state index in [1.54, 1.807) is 0 Å². The van der Waals surface area contributed by atoms with Gasteiger partial charge in [0.1, 0.15) is 0 Å². The minimum Gasteiger partial charge on any atom is -0.447 e. The molecule has 0 aliphatic carbocycles. The van der Waals surface area contributed by atoms with Crippen LogP contribution in [0.15, 0.2) is 0 Å². The zero-order chi connectivity index (χ0) is 10.8. The summed E-state index contributed by atoms with van der Waals surface area (Å²) in [5.41, 5.74) is 0. The van der Waals surface area contributed by atoms with E-state index >= 15 is 0 Å². The van der Waals surface area contributed by atoms with Crippen molar-refractivity contribution in [3.63, 3.8) is 0 Å². The molecule has 0 saturated carbocycles. The van der Waals surface area contributed by atoms with Crippen LogP contribution in [-0.2, 0) is 4.74 Å². The molecule has 86 valence electrons. The van der Waals surface area contributed by atoms with Crippen molar-refractivity contribution in [2.75, 3.05) is 19.6 Å². The molecule has 0 radical (unpaired) electrons. The average molecular weight is 212 g/mol.